The average Bonchev–Trinajstić information content (AvgIpc) is 2.72. The molecule has 1 N–H and O–H groups in total. The molecule has 0 aliphatic carbocycles. The molecule has 1 saturated heterocycles. The largest absolute Gasteiger partial charge is 0.354 e. The Hall–Kier alpha value is -2.63. The van der Waals surface area contributed by atoms with Crippen molar-refractivity contribution in [2.24, 2.45) is 0 Å². The summed E-state index contributed by atoms with van der Waals surface area (Å²) in [6.07, 6.45) is 4.43. The Morgan fingerprint density at radius 1 is 1.08 bits per heavy atom. The van der Waals surface area contributed by atoms with Gasteiger partial charge in [0.05, 0.1) is 5.69 Å². The van der Waals surface area contributed by atoms with E-state index in [1.54, 1.807) is 4.90 Å². The molecule has 138 valence electrons. The summed E-state index contributed by atoms with van der Waals surface area (Å²) in [5.74, 6) is 1.60. The summed E-state index contributed by atoms with van der Waals surface area (Å²) in [7, 11) is 0. The quantitative estimate of drug-likeness (QED) is 0.584. The number of rotatable bonds is 8. The van der Waals surface area contributed by atoms with Gasteiger partial charge in [0.15, 0.2) is 0 Å². The Balaban J connectivity index is 1.81. The summed E-state index contributed by atoms with van der Waals surface area (Å²) in [5, 5.41) is 3.37. The maximum Gasteiger partial charge on any atom is 0.225 e. The van der Waals surface area contributed by atoms with E-state index in [-0.39, 0.29) is 0 Å². The molecular formula is C20H27N5O. The fraction of sp³-hybridized carbons (Fsp3) is 0.450. The third kappa shape index (κ3) is 4.71. The van der Waals surface area contributed by atoms with Gasteiger partial charge in [0.25, 0.3) is 0 Å². The molecule has 1 aliphatic rings. The predicted octanol–water partition coefficient (Wildman–Crippen LogP) is 3.02. The van der Waals surface area contributed by atoms with Crippen LogP contribution in [0.15, 0.2) is 36.4 Å². The Labute approximate surface area is 155 Å². The third-order valence-electron chi connectivity index (χ3n) is 4.63. The van der Waals surface area contributed by atoms with Crippen LogP contribution in [0.5, 0.6) is 0 Å². The van der Waals surface area contributed by atoms with Crippen molar-refractivity contribution in [2.75, 3.05) is 42.9 Å². The Morgan fingerprint density at radius 2 is 1.85 bits per heavy atom. The second-order valence-corrected chi connectivity index (χ2v) is 6.56. The van der Waals surface area contributed by atoms with Crippen molar-refractivity contribution in [1.29, 1.82) is 0 Å². The Kier molecular flexibility index (Phi) is 6.41. The van der Waals surface area contributed by atoms with E-state index in [1.807, 2.05) is 24.3 Å². The van der Waals surface area contributed by atoms with Crippen molar-refractivity contribution < 1.29 is 4.79 Å². The highest BCUT2D eigenvalue weighted by atomic mass is 16.1. The van der Waals surface area contributed by atoms with Gasteiger partial charge in [0.2, 0.25) is 12.4 Å². The van der Waals surface area contributed by atoms with E-state index in [0.717, 1.165) is 62.6 Å². The number of carbonyl (C=O) groups is 1. The van der Waals surface area contributed by atoms with Crippen LogP contribution in [0.4, 0.5) is 11.8 Å². The minimum atomic E-state index is 0.676. The number of piperazine rings is 1. The summed E-state index contributed by atoms with van der Waals surface area (Å²) in [5.41, 5.74) is 2.01. The van der Waals surface area contributed by atoms with Crippen LogP contribution in [0, 0.1) is 0 Å². The summed E-state index contributed by atoms with van der Waals surface area (Å²) in [6, 6.07) is 12.2. The van der Waals surface area contributed by atoms with Crippen molar-refractivity contribution in [3.63, 3.8) is 0 Å². The normalized spacial score (nSPS) is 14.3. The number of carbonyl (C=O) groups excluding carboxylic acids is 1. The smallest absolute Gasteiger partial charge is 0.225 e. The van der Waals surface area contributed by atoms with Gasteiger partial charge in [-0.2, -0.15) is 4.98 Å². The first-order chi connectivity index (χ1) is 12.8. The second-order valence-electron chi connectivity index (χ2n) is 6.56. The van der Waals surface area contributed by atoms with Crippen molar-refractivity contribution in [2.45, 2.75) is 26.2 Å². The van der Waals surface area contributed by atoms with Crippen LogP contribution < -0.4 is 10.2 Å². The van der Waals surface area contributed by atoms with Crippen LogP contribution in [0.25, 0.3) is 11.3 Å². The van der Waals surface area contributed by atoms with Crippen molar-refractivity contribution in [1.82, 2.24) is 14.9 Å². The van der Waals surface area contributed by atoms with Crippen LogP contribution >= 0.6 is 0 Å². The SMILES string of the molecule is CCCCCNc1nc(-c2ccccc2)cc(N2CCN(C=O)CC2)n1. The minimum absolute atomic E-state index is 0.676. The molecule has 3 rings (SSSR count). The number of hydrogen-bond donors (Lipinski definition) is 1. The van der Waals surface area contributed by atoms with Gasteiger partial charge in [-0.3, -0.25) is 4.79 Å². The standard InChI is InChI=1S/C20H27N5O/c1-2-3-7-10-21-20-22-18(17-8-5-4-6-9-17)15-19(23-20)25-13-11-24(16-26)12-14-25/h4-6,8-9,15-16H,2-3,7,10-14H2,1H3,(H,21,22,23). The van der Waals surface area contributed by atoms with E-state index in [2.05, 4.69) is 29.3 Å². The van der Waals surface area contributed by atoms with Gasteiger partial charge < -0.3 is 15.1 Å². The molecule has 2 aromatic rings. The highest BCUT2D eigenvalue weighted by Crippen LogP contribution is 2.24. The number of benzene rings is 1. The maximum atomic E-state index is 10.9. The summed E-state index contributed by atoms with van der Waals surface area (Å²) >= 11 is 0. The number of aromatic nitrogens is 2. The van der Waals surface area contributed by atoms with E-state index >= 15 is 0 Å². The minimum Gasteiger partial charge on any atom is -0.354 e. The van der Waals surface area contributed by atoms with Crippen LogP contribution in [0.2, 0.25) is 0 Å². The molecule has 6 nitrogen and oxygen atoms in total. The van der Waals surface area contributed by atoms with Gasteiger partial charge >= 0.3 is 0 Å². The molecule has 1 aliphatic heterocycles. The fourth-order valence-corrected chi connectivity index (χ4v) is 3.06. The number of hydrogen-bond acceptors (Lipinski definition) is 5. The highest BCUT2D eigenvalue weighted by Gasteiger charge is 2.18. The zero-order chi connectivity index (χ0) is 18.2. The topological polar surface area (TPSA) is 61.4 Å². The first-order valence-corrected chi connectivity index (χ1v) is 9.43. The molecule has 0 spiro atoms. The monoisotopic (exact) mass is 353 g/mol. The molecule has 6 heteroatoms. The predicted molar refractivity (Wildman–Crippen MR) is 105 cm³/mol. The Bertz CT molecular complexity index is 699. The lowest BCUT2D eigenvalue weighted by Crippen LogP contribution is -2.46. The van der Waals surface area contributed by atoms with Gasteiger partial charge in [0, 0.05) is 44.4 Å². The number of unbranched alkanes of at least 4 members (excludes halogenated alkanes) is 2. The summed E-state index contributed by atoms with van der Waals surface area (Å²) < 4.78 is 0. The maximum absolute atomic E-state index is 10.9. The third-order valence-corrected chi connectivity index (χ3v) is 4.63. The molecule has 0 unspecified atom stereocenters. The van der Waals surface area contributed by atoms with Gasteiger partial charge in [-0.1, -0.05) is 50.1 Å². The molecule has 1 fully saturated rings. The van der Waals surface area contributed by atoms with Gasteiger partial charge in [-0.15, -0.1) is 0 Å². The van der Waals surface area contributed by atoms with Crippen LogP contribution in [-0.2, 0) is 4.79 Å². The molecule has 0 bridgehead atoms. The summed E-state index contributed by atoms with van der Waals surface area (Å²) in [4.78, 5) is 24.4. The molecule has 26 heavy (non-hydrogen) atoms. The van der Waals surface area contributed by atoms with Crippen LogP contribution in [-0.4, -0.2) is 54.0 Å². The number of nitrogens with one attached hydrogen (secondary N) is 1. The molecule has 1 aromatic heterocycles. The number of anilines is 2. The number of amides is 1. The first-order valence-electron chi connectivity index (χ1n) is 9.43. The van der Waals surface area contributed by atoms with Gasteiger partial charge in [0.1, 0.15) is 5.82 Å². The summed E-state index contributed by atoms with van der Waals surface area (Å²) in [6.45, 7) is 6.12. The van der Waals surface area contributed by atoms with Gasteiger partial charge in [-0.05, 0) is 6.42 Å². The van der Waals surface area contributed by atoms with E-state index in [1.165, 1.54) is 12.8 Å². The lowest BCUT2D eigenvalue weighted by molar-refractivity contribution is -0.118. The molecule has 2 heterocycles. The lowest BCUT2D eigenvalue weighted by atomic mass is 10.1. The van der Waals surface area contributed by atoms with E-state index in [9.17, 15) is 4.79 Å². The molecular weight excluding hydrogens is 326 g/mol. The molecule has 0 saturated carbocycles. The lowest BCUT2D eigenvalue weighted by Gasteiger charge is -2.33. The van der Waals surface area contributed by atoms with Crippen molar-refractivity contribution >= 4 is 18.2 Å². The van der Waals surface area contributed by atoms with Crippen LogP contribution in [0.3, 0.4) is 0 Å². The zero-order valence-electron chi connectivity index (χ0n) is 15.4. The zero-order valence-corrected chi connectivity index (χ0v) is 15.4. The molecule has 0 radical (unpaired) electrons. The van der Waals surface area contributed by atoms with Crippen molar-refractivity contribution in [3.8, 4) is 11.3 Å². The van der Waals surface area contributed by atoms with E-state index < -0.39 is 0 Å². The second kappa shape index (κ2) is 9.17. The average molecular weight is 353 g/mol. The molecule has 0 atom stereocenters. The van der Waals surface area contributed by atoms with Gasteiger partial charge in [-0.25, -0.2) is 4.98 Å². The molecule has 1 amide bonds. The highest BCUT2D eigenvalue weighted by molar-refractivity contribution is 5.65. The van der Waals surface area contributed by atoms with E-state index in [4.69, 9.17) is 9.97 Å². The van der Waals surface area contributed by atoms with E-state index in [0.29, 0.717) is 5.95 Å². The molecule has 1 aromatic carbocycles. The van der Waals surface area contributed by atoms with Crippen molar-refractivity contribution in [3.05, 3.63) is 36.4 Å². The van der Waals surface area contributed by atoms with Crippen LogP contribution in [0.1, 0.15) is 26.2 Å². The fourth-order valence-electron chi connectivity index (χ4n) is 3.06. The first kappa shape index (κ1) is 18.2. The number of nitrogens with zero attached hydrogens (tertiary/aromatic N) is 4. The Morgan fingerprint density at radius 3 is 2.54 bits per heavy atom.